The van der Waals surface area contributed by atoms with Crippen LogP contribution in [0.5, 0.6) is 5.75 Å². The lowest BCUT2D eigenvalue weighted by Crippen LogP contribution is -2.41. The minimum Gasteiger partial charge on any atom is -0.492 e. The second-order valence-corrected chi connectivity index (χ2v) is 8.94. The summed E-state index contributed by atoms with van der Waals surface area (Å²) >= 11 is 0. The summed E-state index contributed by atoms with van der Waals surface area (Å²) in [5.41, 5.74) is 1.49. The van der Waals surface area contributed by atoms with E-state index in [1.807, 2.05) is 24.8 Å². The number of hydrogen-bond acceptors (Lipinski definition) is 5. The van der Waals surface area contributed by atoms with Crippen LogP contribution in [-0.2, 0) is 10.0 Å². The Morgan fingerprint density at radius 3 is 2.55 bits per heavy atom. The maximum Gasteiger partial charge on any atom is 0.253 e. The molecule has 7 nitrogen and oxygen atoms in total. The zero-order chi connectivity index (χ0) is 20.9. The predicted octanol–water partition coefficient (Wildman–Crippen LogP) is 2.62. The Kier molecular flexibility index (Phi) is 6.87. The molecule has 156 valence electrons. The number of pyridine rings is 1. The molecule has 8 heteroatoms. The van der Waals surface area contributed by atoms with Crippen LogP contribution >= 0.6 is 0 Å². The Labute approximate surface area is 172 Å². The first-order valence-electron chi connectivity index (χ1n) is 9.83. The monoisotopic (exact) mass is 417 g/mol. The first-order chi connectivity index (χ1) is 13.9. The zero-order valence-corrected chi connectivity index (χ0v) is 17.6. The number of nitrogens with one attached hydrogen (secondary N) is 1. The van der Waals surface area contributed by atoms with Crippen LogP contribution in [0.2, 0.25) is 0 Å². The maximum absolute atomic E-state index is 12.8. The van der Waals surface area contributed by atoms with Gasteiger partial charge in [0.2, 0.25) is 10.0 Å². The fraction of sp³-hybridized carbons (Fsp3) is 0.429. The standard InChI is InChI=1S/C21H27N3O4S/c1-3-28-19-5-4-16(2)14-20(19)29(26,27)23-15-17-8-12-24(13-9-17)21(25)18-6-10-22-11-7-18/h4-7,10-11,14,17,23H,3,8-9,12-13,15H2,1-2H3. The average molecular weight is 418 g/mol. The molecular formula is C21H27N3O4S. The zero-order valence-electron chi connectivity index (χ0n) is 16.8. The highest BCUT2D eigenvalue weighted by Gasteiger charge is 2.26. The predicted molar refractivity (Wildman–Crippen MR) is 110 cm³/mol. The van der Waals surface area contributed by atoms with Gasteiger partial charge in [-0.2, -0.15) is 0 Å². The number of amides is 1. The summed E-state index contributed by atoms with van der Waals surface area (Å²) < 4.78 is 33.8. The van der Waals surface area contributed by atoms with Gasteiger partial charge in [0.15, 0.2) is 0 Å². The fourth-order valence-electron chi connectivity index (χ4n) is 3.42. The van der Waals surface area contributed by atoms with E-state index in [0.29, 0.717) is 37.6 Å². The van der Waals surface area contributed by atoms with Crippen LogP contribution < -0.4 is 9.46 Å². The summed E-state index contributed by atoms with van der Waals surface area (Å²) in [7, 11) is -3.67. The molecule has 0 spiro atoms. The molecule has 2 aromatic rings. The molecule has 0 radical (unpaired) electrons. The van der Waals surface area contributed by atoms with Crippen LogP contribution in [-0.4, -0.2) is 50.5 Å². The molecule has 1 aromatic heterocycles. The van der Waals surface area contributed by atoms with E-state index in [2.05, 4.69) is 9.71 Å². The van der Waals surface area contributed by atoms with Gasteiger partial charge in [-0.25, -0.2) is 13.1 Å². The Morgan fingerprint density at radius 2 is 1.90 bits per heavy atom. The van der Waals surface area contributed by atoms with Crippen molar-refractivity contribution in [2.45, 2.75) is 31.6 Å². The number of benzene rings is 1. The summed E-state index contributed by atoms with van der Waals surface area (Å²) in [6.07, 6.45) is 4.73. The third-order valence-corrected chi connectivity index (χ3v) is 6.52. The van der Waals surface area contributed by atoms with Crippen molar-refractivity contribution >= 4 is 15.9 Å². The van der Waals surface area contributed by atoms with E-state index in [1.165, 1.54) is 0 Å². The van der Waals surface area contributed by atoms with Gasteiger partial charge in [-0.05, 0) is 62.4 Å². The van der Waals surface area contributed by atoms with Crippen LogP contribution in [0.4, 0.5) is 0 Å². The lowest BCUT2D eigenvalue weighted by molar-refractivity contribution is 0.0692. The SMILES string of the molecule is CCOc1ccc(C)cc1S(=O)(=O)NCC1CCN(C(=O)c2ccncc2)CC1. The van der Waals surface area contributed by atoms with Crippen LogP contribution in [0.15, 0.2) is 47.6 Å². The summed E-state index contributed by atoms with van der Waals surface area (Å²) in [6.45, 7) is 5.65. The summed E-state index contributed by atoms with van der Waals surface area (Å²) in [5.74, 6) is 0.544. The van der Waals surface area contributed by atoms with E-state index in [-0.39, 0.29) is 16.7 Å². The smallest absolute Gasteiger partial charge is 0.253 e. The molecule has 1 N–H and O–H groups in total. The molecule has 0 bridgehead atoms. The van der Waals surface area contributed by atoms with Gasteiger partial charge < -0.3 is 9.64 Å². The topological polar surface area (TPSA) is 88.6 Å². The highest BCUT2D eigenvalue weighted by molar-refractivity contribution is 7.89. The molecule has 0 saturated carbocycles. The van der Waals surface area contributed by atoms with Gasteiger partial charge in [-0.1, -0.05) is 6.07 Å². The molecule has 1 aromatic carbocycles. The maximum atomic E-state index is 12.8. The van der Waals surface area contributed by atoms with E-state index >= 15 is 0 Å². The van der Waals surface area contributed by atoms with E-state index in [9.17, 15) is 13.2 Å². The number of piperidine rings is 1. The Hall–Kier alpha value is -2.45. The van der Waals surface area contributed by atoms with Gasteiger partial charge in [0, 0.05) is 37.6 Å². The van der Waals surface area contributed by atoms with Crippen LogP contribution in [0.3, 0.4) is 0 Å². The van der Waals surface area contributed by atoms with Crippen molar-refractivity contribution in [2.75, 3.05) is 26.2 Å². The lowest BCUT2D eigenvalue weighted by atomic mass is 9.97. The second kappa shape index (κ2) is 9.37. The van der Waals surface area contributed by atoms with E-state index in [1.54, 1.807) is 36.7 Å². The van der Waals surface area contributed by atoms with Crippen molar-refractivity contribution in [1.29, 1.82) is 0 Å². The van der Waals surface area contributed by atoms with Gasteiger partial charge in [0.1, 0.15) is 10.6 Å². The first kappa shape index (κ1) is 21.3. The van der Waals surface area contributed by atoms with E-state index < -0.39 is 10.0 Å². The van der Waals surface area contributed by atoms with Gasteiger partial charge in [0.05, 0.1) is 6.61 Å². The number of sulfonamides is 1. The molecule has 1 fully saturated rings. The number of nitrogens with zero attached hydrogens (tertiary/aromatic N) is 2. The molecule has 2 heterocycles. The van der Waals surface area contributed by atoms with Gasteiger partial charge >= 0.3 is 0 Å². The average Bonchev–Trinajstić information content (AvgIpc) is 2.74. The largest absolute Gasteiger partial charge is 0.492 e. The quantitative estimate of drug-likeness (QED) is 0.748. The minimum absolute atomic E-state index is 0.00690. The first-order valence-corrected chi connectivity index (χ1v) is 11.3. The summed E-state index contributed by atoms with van der Waals surface area (Å²) in [4.78, 5) is 18.4. The number of carbonyl (C=O) groups excluding carboxylic acids is 1. The number of carbonyl (C=O) groups is 1. The fourth-order valence-corrected chi connectivity index (χ4v) is 4.77. The van der Waals surface area contributed by atoms with Gasteiger partial charge in [-0.15, -0.1) is 0 Å². The molecule has 29 heavy (non-hydrogen) atoms. The van der Waals surface area contributed by atoms with E-state index in [4.69, 9.17) is 4.74 Å². The second-order valence-electron chi connectivity index (χ2n) is 7.21. The van der Waals surface area contributed by atoms with Crippen molar-refractivity contribution < 1.29 is 17.9 Å². The molecule has 1 aliphatic rings. The Balaban J connectivity index is 1.57. The number of aromatic nitrogens is 1. The molecule has 1 amide bonds. The lowest BCUT2D eigenvalue weighted by Gasteiger charge is -2.32. The van der Waals surface area contributed by atoms with Crippen LogP contribution in [0.25, 0.3) is 0 Å². The molecule has 3 rings (SSSR count). The number of aryl methyl sites for hydroxylation is 1. The summed E-state index contributed by atoms with van der Waals surface area (Å²) in [6, 6.07) is 8.57. The van der Waals surface area contributed by atoms with Crippen LogP contribution in [0, 0.1) is 12.8 Å². The minimum atomic E-state index is -3.67. The number of hydrogen-bond donors (Lipinski definition) is 1. The number of likely N-dealkylation sites (tertiary alicyclic amines) is 1. The molecule has 0 unspecified atom stereocenters. The Bertz CT molecular complexity index is 940. The van der Waals surface area contributed by atoms with Gasteiger partial charge in [-0.3, -0.25) is 9.78 Å². The molecule has 1 aliphatic heterocycles. The third-order valence-electron chi connectivity index (χ3n) is 5.08. The molecule has 0 aliphatic carbocycles. The van der Waals surface area contributed by atoms with Crippen molar-refractivity contribution in [3.8, 4) is 5.75 Å². The van der Waals surface area contributed by atoms with E-state index in [0.717, 1.165) is 18.4 Å². The number of ether oxygens (including phenoxy) is 1. The third kappa shape index (κ3) is 5.33. The highest BCUT2D eigenvalue weighted by Crippen LogP contribution is 2.26. The molecule has 1 saturated heterocycles. The van der Waals surface area contributed by atoms with Crippen molar-refractivity contribution in [1.82, 2.24) is 14.6 Å². The Morgan fingerprint density at radius 1 is 1.21 bits per heavy atom. The highest BCUT2D eigenvalue weighted by atomic mass is 32.2. The van der Waals surface area contributed by atoms with Crippen molar-refractivity contribution in [3.05, 3.63) is 53.9 Å². The van der Waals surface area contributed by atoms with Crippen LogP contribution in [0.1, 0.15) is 35.7 Å². The summed E-state index contributed by atoms with van der Waals surface area (Å²) in [5, 5.41) is 0. The van der Waals surface area contributed by atoms with Crippen molar-refractivity contribution in [2.24, 2.45) is 5.92 Å². The number of rotatable bonds is 7. The molecular weight excluding hydrogens is 390 g/mol. The van der Waals surface area contributed by atoms with Crippen molar-refractivity contribution in [3.63, 3.8) is 0 Å². The van der Waals surface area contributed by atoms with Gasteiger partial charge in [0.25, 0.3) is 5.91 Å². The normalized spacial score (nSPS) is 15.3. The molecule has 0 atom stereocenters.